The molecular weight excluding hydrogens is 264 g/mol. The molecule has 0 bridgehead atoms. The zero-order chi connectivity index (χ0) is 14.5. The largest absolute Gasteiger partial charge is 0.469 e. The molecule has 1 amide bonds. The molecule has 1 fully saturated rings. The van der Waals surface area contributed by atoms with Crippen molar-refractivity contribution in [1.82, 2.24) is 9.88 Å². The third-order valence-corrected chi connectivity index (χ3v) is 4.07. The lowest BCUT2D eigenvalue weighted by Crippen LogP contribution is -2.28. The van der Waals surface area contributed by atoms with Crippen LogP contribution in [0.1, 0.15) is 36.5 Å². The van der Waals surface area contributed by atoms with E-state index in [2.05, 4.69) is 11.1 Å². The molecule has 4 nitrogen and oxygen atoms in total. The maximum absolute atomic E-state index is 12.2. The fourth-order valence-electron chi connectivity index (χ4n) is 2.89. The molecule has 3 heterocycles. The van der Waals surface area contributed by atoms with Gasteiger partial charge in [0.25, 0.3) is 0 Å². The molecule has 0 aromatic carbocycles. The van der Waals surface area contributed by atoms with Gasteiger partial charge in [0.15, 0.2) is 0 Å². The van der Waals surface area contributed by atoms with Crippen LogP contribution in [0, 0.1) is 0 Å². The zero-order valence-corrected chi connectivity index (χ0v) is 12.1. The first-order chi connectivity index (χ1) is 10.3. The molecule has 0 spiro atoms. The molecule has 2 aromatic heterocycles. The highest BCUT2D eigenvalue weighted by Crippen LogP contribution is 2.27. The van der Waals surface area contributed by atoms with Gasteiger partial charge in [-0.1, -0.05) is 6.07 Å². The van der Waals surface area contributed by atoms with Crippen LogP contribution in [0.25, 0.3) is 0 Å². The van der Waals surface area contributed by atoms with E-state index >= 15 is 0 Å². The molecule has 0 aliphatic carbocycles. The summed E-state index contributed by atoms with van der Waals surface area (Å²) in [5.41, 5.74) is 1.19. The van der Waals surface area contributed by atoms with Crippen LogP contribution < -0.4 is 0 Å². The van der Waals surface area contributed by atoms with Crippen LogP contribution >= 0.6 is 0 Å². The second kappa shape index (κ2) is 6.57. The predicted molar refractivity (Wildman–Crippen MR) is 79.8 cm³/mol. The number of likely N-dealkylation sites (tertiary alicyclic amines) is 1. The number of furan rings is 1. The van der Waals surface area contributed by atoms with E-state index in [4.69, 9.17) is 4.42 Å². The summed E-state index contributed by atoms with van der Waals surface area (Å²) in [6.45, 7) is 1.64. The topological polar surface area (TPSA) is 46.3 Å². The van der Waals surface area contributed by atoms with Crippen LogP contribution in [0.15, 0.2) is 47.3 Å². The summed E-state index contributed by atoms with van der Waals surface area (Å²) in [5, 5.41) is 0. The van der Waals surface area contributed by atoms with E-state index < -0.39 is 0 Å². The summed E-state index contributed by atoms with van der Waals surface area (Å²) in [4.78, 5) is 18.3. The van der Waals surface area contributed by atoms with Crippen LogP contribution in [0.2, 0.25) is 0 Å². The number of aromatic nitrogens is 1. The number of pyridine rings is 1. The van der Waals surface area contributed by atoms with Gasteiger partial charge >= 0.3 is 0 Å². The van der Waals surface area contributed by atoms with E-state index in [0.717, 1.165) is 38.1 Å². The number of hydrogen-bond donors (Lipinski definition) is 0. The number of aryl methyl sites for hydroxylation is 1. The van der Waals surface area contributed by atoms with Crippen LogP contribution in [-0.4, -0.2) is 28.9 Å². The standard InChI is InChI=1S/C17H20N2O2/c20-17(7-1-4-14-5-2-9-18-12-14)19-10-8-15(13-19)16-6-3-11-21-16/h2-3,5-6,9,11-12,15H,1,4,7-8,10,13H2. The molecular formula is C17H20N2O2. The summed E-state index contributed by atoms with van der Waals surface area (Å²) in [6.07, 6.45) is 8.75. The second-order valence-electron chi connectivity index (χ2n) is 5.56. The lowest BCUT2D eigenvalue weighted by Gasteiger charge is -2.16. The highest BCUT2D eigenvalue weighted by molar-refractivity contribution is 5.76. The summed E-state index contributed by atoms with van der Waals surface area (Å²) in [7, 11) is 0. The van der Waals surface area contributed by atoms with Gasteiger partial charge in [0.2, 0.25) is 5.91 Å². The Morgan fingerprint density at radius 3 is 3.10 bits per heavy atom. The Balaban J connectivity index is 1.44. The normalized spacial score (nSPS) is 18.1. The maximum atomic E-state index is 12.2. The molecule has 1 atom stereocenters. The highest BCUT2D eigenvalue weighted by atomic mass is 16.3. The summed E-state index contributed by atoms with van der Waals surface area (Å²) in [6, 6.07) is 7.90. The van der Waals surface area contributed by atoms with Gasteiger partial charge in [-0.2, -0.15) is 0 Å². The molecule has 1 aliphatic rings. The Labute approximate surface area is 124 Å². The van der Waals surface area contributed by atoms with Crippen LogP contribution in [0.5, 0.6) is 0 Å². The van der Waals surface area contributed by atoms with Crippen molar-refractivity contribution in [2.45, 2.75) is 31.6 Å². The number of amides is 1. The van der Waals surface area contributed by atoms with Crippen molar-refractivity contribution in [3.05, 3.63) is 54.2 Å². The van der Waals surface area contributed by atoms with Crippen molar-refractivity contribution in [1.29, 1.82) is 0 Å². The Hall–Kier alpha value is -2.10. The summed E-state index contributed by atoms with van der Waals surface area (Å²) < 4.78 is 5.44. The van der Waals surface area contributed by atoms with Crippen molar-refractivity contribution in [3.8, 4) is 0 Å². The monoisotopic (exact) mass is 284 g/mol. The molecule has 1 unspecified atom stereocenters. The molecule has 3 rings (SSSR count). The Kier molecular flexibility index (Phi) is 4.34. The van der Waals surface area contributed by atoms with Gasteiger partial charge in [-0.3, -0.25) is 9.78 Å². The van der Waals surface area contributed by atoms with Crippen LogP contribution in [-0.2, 0) is 11.2 Å². The highest BCUT2D eigenvalue weighted by Gasteiger charge is 2.28. The minimum atomic E-state index is 0.257. The minimum Gasteiger partial charge on any atom is -0.469 e. The van der Waals surface area contributed by atoms with E-state index in [-0.39, 0.29) is 5.91 Å². The van der Waals surface area contributed by atoms with Crippen molar-refractivity contribution >= 4 is 5.91 Å². The van der Waals surface area contributed by atoms with E-state index in [9.17, 15) is 4.79 Å². The zero-order valence-electron chi connectivity index (χ0n) is 12.1. The fraction of sp³-hybridized carbons (Fsp3) is 0.412. The average Bonchev–Trinajstić information content (AvgIpc) is 3.19. The number of nitrogens with zero attached hydrogens (tertiary/aromatic N) is 2. The quantitative estimate of drug-likeness (QED) is 0.848. The van der Waals surface area contributed by atoms with Gasteiger partial charge < -0.3 is 9.32 Å². The van der Waals surface area contributed by atoms with Crippen LogP contribution in [0.4, 0.5) is 0 Å². The smallest absolute Gasteiger partial charge is 0.222 e. The molecule has 4 heteroatoms. The van der Waals surface area contributed by atoms with Crippen molar-refractivity contribution in [2.75, 3.05) is 13.1 Å². The third kappa shape index (κ3) is 3.51. The maximum Gasteiger partial charge on any atom is 0.222 e. The summed E-state index contributed by atoms with van der Waals surface area (Å²) >= 11 is 0. The average molecular weight is 284 g/mol. The minimum absolute atomic E-state index is 0.257. The molecule has 0 radical (unpaired) electrons. The van der Waals surface area contributed by atoms with Gasteiger partial charge in [0.05, 0.1) is 6.26 Å². The molecule has 1 saturated heterocycles. The van der Waals surface area contributed by atoms with E-state index in [0.29, 0.717) is 12.3 Å². The molecule has 2 aromatic rings. The molecule has 0 N–H and O–H groups in total. The van der Waals surface area contributed by atoms with Crippen LogP contribution in [0.3, 0.4) is 0 Å². The van der Waals surface area contributed by atoms with Gasteiger partial charge in [0, 0.05) is 37.8 Å². The van der Waals surface area contributed by atoms with Gasteiger partial charge in [-0.05, 0) is 43.0 Å². The molecule has 110 valence electrons. The Bertz CT molecular complexity index is 566. The van der Waals surface area contributed by atoms with Gasteiger partial charge in [-0.25, -0.2) is 0 Å². The number of carbonyl (C=O) groups excluding carboxylic acids is 1. The summed E-state index contributed by atoms with van der Waals surface area (Å²) in [5.74, 6) is 1.62. The first-order valence-corrected chi connectivity index (χ1v) is 7.53. The van der Waals surface area contributed by atoms with E-state index in [1.807, 2.05) is 29.3 Å². The number of rotatable bonds is 5. The first kappa shape index (κ1) is 13.9. The van der Waals surface area contributed by atoms with E-state index in [1.54, 1.807) is 12.5 Å². The SMILES string of the molecule is O=C(CCCc1cccnc1)N1CCC(c2ccco2)C1. The third-order valence-electron chi connectivity index (χ3n) is 4.07. The van der Waals surface area contributed by atoms with Crippen molar-refractivity contribution < 1.29 is 9.21 Å². The molecule has 21 heavy (non-hydrogen) atoms. The molecule has 1 aliphatic heterocycles. The second-order valence-corrected chi connectivity index (χ2v) is 5.56. The number of carbonyl (C=O) groups is 1. The van der Waals surface area contributed by atoms with Gasteiger partial charge in [-0.15, -0.1) is 0 Å². The fourth-order valence-corrected chi connectivity index (χ4v) is 2.89. The molecule has 0 saturated carbocycles. The number of hydrogen-bond acceptors (Lipinski definition) is 3. The Morgan fingerprint density at radius 2 is 2.33 bits per heavy atom. The lowest BCUT2D eigenvalue weighted by molar-refractivity contribution is -0.130. The van der Waals surface area contributed by atoms with Crippen molar-refractivity contribution in [2.24, 2.45) is 0 Å². The lowest BCUT2D eigenvalue weighted by atomic mass is 10.1. The van der Waals surface area contributed by atoms with Gasteiger partial charge in [0.1, 0.15) is 5.76 Å². The van der Waals surface area contributed by atoms with E-state index in [1.165, 1.54) is 5.56 Å². The predicted octanol–water partition coefficient (Wildman–Crippen LogP) is 3.01. The first-order valence-electron chi connectivity index (χ1n) is 7.53. The van der Waals surface area contributed by atoms with Crippen molar-refractivity contribution in [3.63, 3.8) is 0 Å². The Morgan fingerprint density at radius 1 is 1.38 bits per heavy atom.